The molecule has 0 aliphatic carbocycles. The smallest absolute Gasteiger partial charge is 0.313 e. The highest BCUT2D eigenvalue weighted by atomic mass is 35.5. The maximum absolute atomic E-state index is 12.3. The second-order valence-electron chi connectivity index (χ2n) is 7.55. The summed E-state index contributed by atoms with van der Waals surface area (Å²) in [5.41, 5.74) is 1.45. The SMILES string of the molecule is Cc1nn(C)c(Cl)c1C(OC(=O)C(C)C)=C(C#N)c1csc(C(C)(C)C)n1. The van der Waals surface area contributed by atoms with E-state index in [0.717, 1.165) is 5.01 Å². The molecule has 0 aliphatic heterocycles. The van der Waals surface area contributed by atoms with Crippen molar-refractivity contribution in [3.63, 3.8) is 0 Å². The van der Waals surface area contributed by atoms with Crippen LogP contribution in [-0.2, 0) is 22.0 Å². The standard InChI is InChI=1S/C19H23ClN4O2S/c1-10(2)17(25)26-15(14-11(3)23-24(7)16(14)20)12(8-21)13-9-27-18(22-13)19(4,5)6/h9-10H,1-7H3. The molecule has 0 saturated heterocycles. The number of allylic oxidation sites excluding steroid dienone is 1. The van der Waals surface area contributed by atoms with Crippen LogP contribution in [-0.4, -0.2) is 20.7 Å². The van der Waals surface area contributed by atoms with Crippen molar-refractivity contribution in [2.24, 2.45) is 13.0 Å². The largest absolute Gasteiger partial charge is 0.424 e. The quantitative estimate of drug-likeness (QED) is 0.416. The molecule has 2 aromatic rings. The van der Waals surface area contributed by atoms with Crippen LogP contribution in [0.15, 0.2) is 5.38 Å². The van der Waals surface area contributed by atoms with E-state index in [0.29, 0.717) is 17.0 Å². The van der Waals surface area contributed by atoms with E-state index in [2.05, 4.69) is 16.2 Å². The average molecular weight is 407 g/mol. The van der Waals surface area contributed by atoms with Crippen molar-refractivity contribution in [3.05, 3.63) is 32.5 Å². The van der Waals surface area contributed by atoms with Crippen LogP contribution in [0.1, 0.15) is 56.6 Å². The van der Waals surface area contributed by atoms with E-state index in [1.54, 1.807) is 33.2 Å². The van der Waals surface area contributed by atoms with Crippen LogP contribution in [0.4, 0.5) is 0 Å². The minimum absolute atomic E-state index is 0.0950. The molecule has 0 spiro atoms. The number of ether oxygens (including phenoxy) is 1. The van der Waals surface area contributed by atoms with Gasteiger partial charge in [0.15, 0.2) is 5.76 Å². The Morgan fingerprint density at radius 2 is 2.04 bits per heavy atom. The first-order valence-electron chi connectivity index (χ1n) is 8.49. The molecule has 27 heavy (non-hydrogen) atoms. The Morgan fingerprint density at radius 3 is 2.44 bits per heavy atom. The highest BCUT2D eigenvalue weighted by molar-refractivity contribution is 7.10. The third-order valence-corrected chi connectivity index (χ3v) is 5.50. The van der Waals surface area contributed by atoms with E-state index in [9.17, 15) is 10.1 Å². The van der Waals surface area contributed by atoms with Gasteiger partial charge >= 0.3 is 5.97 Å². The lowest BCUT2D eigenvalue weighted by atomic mass is 9.98. The van der Waals surface area contributed by atoms with Crippen molar-refractivity contribution in [3.8, 4) is 6.07 Å². The number of nitrogens with zero attached hydrogens (tertiary/aromatic N) is 4. The molecule has 2 rings (SSSR count). The first-order valence-corrected chi connectivity index (χ1v) is 9.75. The summed E-state index contributed by atoms with van der Waals surface area (Å²) in [6.07, 6.45) is 0. The number of hydrogen-bond donors (Lipinski definition) is 0. The summed E-state index contributed by atoms with van der Waals surface area (Å²) in [6, 6.07) is 2.14. The fourth-order valence-electron chi connectivity index (χ4n) is 2.29. The van der Waals surface area contributed by atoms with Gasteiger partial charge in [0.25, 0.3) is 0 Å². The van der Waals surface area contributed by atoms with Crippen molar-refractivity contribution < 1.29 is 9.53 Å². The Morgan fingerprint density at radius 1 is 1.41 bits per heavy atom. The predicted molar refractivity (Wildman–Crippen MR) is 107 cm³/mol. The van der Waals surface area contributed by atoms with E-state index in [1.165, 1.54) is 16.0 Å². The summed E-state index contributed by atoms with van der Waals surface area (Å²) >= 11 is 7.85. The highest BCUT2D eigenvalue weighted by Crippen LogP contribution is 2.36. The Kier molecular flexibility index (Phi) is 6.13. The van der Waals surface area contributed by atoms with Crippen molar-refractivity contribution in [1.29, 1.82) is 5.26 Å². The molecule has 0 radical (unpaired) electrons. The number of nitriles is 1. The molecule has 2 aromatic heterocycles. The van der Waals surface area contributed by atoms with Gasteiger partial charge in [0.1, 0.15) is 16.8 Å². The number of esters is 1. The van der Waals surface area contributed by atoms with E-state index >= 15 is 0 Å². The van der Waals surface area contributed by atoms with Gasteiger partial charge in [0, 0.05) is 17.8 Å². The number of hydrogen-bond acceptors (Lipinski definition) is 6. The predicted octanol–water partition coefficient (Wildman–Crippen LogP) is 4.73. The van der Waals surface area contributed by atoms with E-state index < -0.39 is 5.97 Å². The van der Waals surface area contributed by atoms with Gasteiger partial charge in [-0.2, -0.15) is 10.4 Å². The molecule has 0 unspecified atom stereocenters. The van der Waals surface area contributed by atoms with Gasteiger partial charge < -0.3 is 4.74 Å². The number of aromatic nitrogens is 3. The molecule has 144 valence electrons. The van der Waals surface area contributed by atoms with Crippen LogP contribution >= 0.6 is 22.9 Å². The van der Waals surface area contributed by atoms with Crippen LogP contribution in [0.3, 0.4) is 0 Å². The zero-order chi connectivity index (χ0) is 20.5. The summed E-state index contributed by atoms with van der Waals surface area (Å²) in [7, 11) is 1.69. The minimum atomic E-state index is -0.455. The van der Waals surface area contributed by atoms with E-state index in [1.807, 2.05) is 20.8 Å². The highest BCUT2D eigenvalue weighted by Gasteiger charge is 2.27. The summed E-state index contributed by atoms with van der Waals surface area (Å²) in [4.78, 5) is 16.9. The maximum Gasteiger partial charge on any atom is 0.313 e. The third kappa shape index (κ3) is 4.40. The van der Waals surface area contributed by atoms with E-state index in [-0.39, 0.29) is 27.8 Å². The zero-order valence-electron chi connectivity index (χ0n) is 16.5. The van der Waals surface area contributed by atoms with Crippen LogP contribution in [0, 0.1) is 24.2 Å². The molecule has 0 amide bonds. The fourth-order valence-corrected chi connectivity index (χ4v) is 3.45. The van der Waals surface area contributed by atoms with Gasteiger partial charge in [-0.15, -0.1) is 11.3 Å². The van der Waals surface area contributed by atoms with Crippen molar-refractivity contribution in [1.82, 2.24) is 14.8 Å². The number of carbonyl (C=O) groups excluding carboxylic acids is 1. The van der Waals surface area contributed by atoms with Gasteiger partial charge in [0.05, 0.1) is 27.9 Å². The molecule has 0 aromatic carbocycles. The maximum atomic E-state index is 12.3. The first kappa shape index (κ1) is 21.1. The lowest BCUT2D eigenvalue weighted by Crippen LogP contribution is -2.13. The molecular weight excluding hydrogens is 384 g/mol. The molecule has 0 N–H and O–H groups in total. The average Bonchev–Trinajstić information content (AvgIpc) is 3.13. The Balaban J connectivity index is 2.73. The Labute approximate surface area is 168 Å². The van der Waals surface area contributed by atoms with Crippen molar-refractivity contribution in [2.45, 2.75) is 47.0 Å². The molecule has 0 atom stereocenters. The minimum Gasteiger partial charge on any atom is -0.424 e. The van der Waals surface area contributed by atoms with Gasteiger partial charge in [-0.05, 0) is 6.92 Å². The number of carbonyl (C=O) groups is 1. The molecule has 0 fully saturated rings. The Hall–Kier alpha value is -2.17. The van der Waals surface area contributed by atoms with Gasteiger partial charge in [0.2, 0.25) is 0 Å². The summed E-state index contributed by atoms with van der Waals surface area (Å²) in [6.45, 7) is 11.4. The Bertz CT molecular complexity index is 942. The molecule has 6 nitrogen and oxygen atoms in total. The summed E-state index contributed by atoms with van der Waals surface area (Å²) in [5, 5.41) is 17.1. The number of rotatable bonds is 4. The second kappa shape index (κ2) is 7.83. The molecule has 2 heterocycles. The zero-order valence-corrected chi connectivity index (χ0v) is 18.1. The number of thiazole rings is 1. The third-order valence-electron chi connectivity index (χ3n) is 3.79. The van der Waals surface area contributed by atoms with Crippen LogP contribution < -0.4 is 0 Å². The normalized spacial score (nSPS) is 12.7. The lowest BCUT2D eigenvalue weighted by molar-refractivity contribution is -0.140. The number of aryl methyl sites for hydroxylation is 2. The summed E-state index contributed by atoms with van der Waals surface area (Å²) < 4.78 is 7.10. The first-order chi connectivity index (χ1) is 12.5. The fraction of sp³-hybridized carbons (Fsp3) is 0.474. The lowest BCUT2D eigenvalue weighted by Gasteiger charge is -2.14. The van der Waals surface area contributed by atoms with Crippen LogP contribution in [0.5, 0.6) is 0 Å². The van der Waals surface area contributed by atoms with Crippen molar-refractivity contribution in [2.75, 3.05) is 0 Å². The molecule has 0 aliphatic rings. The van der Waals surface area contributed by atoms with Gasteiger partial charge in [-0.1, -0.05) is 46.2 Å². The van der Waals surface area contributed by atoms with Crippen molar-refractivity contribution >= 4 is 40.2 Å². The molecule has 0 saturated carbocycles. The van der Waals surface area contributed by atoms with E-state index in [4.69, 9.17) is 16.3 Å². The topological polar surface area (TPSA) is 80.8 Å². The summed E-state index contributed by atoms with van der Waals surface area (Å²) in [5.74, 6) is -0.725. The van der Waals surface area contributed by atoms with Crippen LogP contribution in [0.25, 0.3) is 11.3 Å². The molecule has 8 heteroatoms. The monoisotopic (exact) mass is 406 g/mol. The second-order valence-corrected chi connectivity index (χ2v) is 8.77. The van der Waals surface area contributed by atoms with Gasteiger partial charge in [-0.25, -0.2) is 4.98 Å². The molecule has 0 bridgehead atoms. The number of halogens is 1. The molecular formula is C19H23ClN4O2S. The van der Waals surface area contributed by atoms with Crippen LogP contribution in [0.2, 0.25) is 5.15 Å². The van der Waals surface area contributed by atoms with Gasteiger partial charge in [-0.3, -0.25) is 9.48 Å².